The standard InChI is InChI=1S/C15H16N2O2S/c18-14-10-3-1-2-4-11(10)16-15(20)17(14)12-7-8-19-13(12)9-5-6-9/h1-4,9,12-13H,5-8H2,(H,16,20). The van der Waals surface area contributed by atoms with E-state index in [9.17, 15) is 4.79 Å². The van der Waals surface area contributed by atoms with Crippen molar-refractivity contribution in [3.05, 3.63) is 39.4 Å². The molecule has 0 spiro atoms. The first-order chi connectivity index (χ1) is 9.75. The number of ether oxygens (including phenoxy) is 1. The lowest BCUT2D eigenvalue weighted by atomic mass is 10.1. The number of aromatic amines is 1. The lowest BCUT2D eigenvalue weighted by molar-refractivity contribution is 0.0740. The number of fused-ring (bicyclic) bond motifs is 1. The number of para-hydroxylation sites is 1. The number of rotatable bonds is 2. The molecule has 2 aromatic rings. The van der Waals surface area contributed by atoms with Crippen molar-refractivity contribution in [3.63, 3.8) is 0 Å². The van der Waals surface area contributed by atoms with Crippen molar-refractivity contribution in [1.82, 2.24) is 9.55 Å². The average molecular weight is 288 g/mol. The van der Waals surface area contributed by atoms with Gasteiger partial charge in [0.25, 0.3) is 5.56 Å². The number of hydrogen-bond donors (Lipinski definition) is 1. The van der Waals surface area contributed by atoms with E-state index in [4.69, 9.17) is 17.0 Å². The van der Waals surface area contributed by atoms with E-state index in [1.807, 2.05) is 24.3 Å². The maximum absolute atomic E-state index is 12.7. The molecule has 2 heterocycles. The zero-order valence-corrected chi connectivity index (χ0v) is 11.9. The van der Waals surface area contributed by atoms with Crippen LogP contribution in [0.4, 0.5) is 0 Å². The van der Waals surface area contributed by atoms with Gasteiger partial charge in [-0.15, -0.1) is 0 Å². The van der Waals surface area contributed by atoms with Crippen molar-refractivity contribution in [2.24, 2.45) is 5.92 Å². The maximum atomic E-state index is 12.7. The number of nitrogens with one attached hydrogen (secondary N) is 1. The van der Waals surface area contributed by atoms with Gasteiger partial charge in [-0.05, 0) is 49.5 Å². The molecule has 2 unspecified atom stereocenters. The minimum atomic E-state index is 0.00509. The summed E-state index contributed by atoms with van der Waals surface area (Å²) in [5.74, 6) is 0.607. The summed E-state index contributed by atoms with van der Waals surface area (Å²) in [4.78, 5) is 15.9. The molecule has 1 aliphatic carbocycles. The Morgan fingerprint density at radius 1 is 1.25 bits per heavy atom. The van der Waals surface area contributed by atoms with E-state index in [0.717, 1.165) is 18.5 Å². The van der Waals surface area contributed by atoms with E-state index in [-0.39, 0.29) is 17.7 Å². The van der Waals surface area contributed by atoms with E-state index < -0.39 is 0 Å². The van der Waals surface area contributed by atoms with Crippen LogP contribution in [0.3, 0.4) is 0 Å². The zero-order chi connectivity index (χ0) is 13.7. The lowest BCUT2D eigenvalue weighted by Crippen LogP contribution is -2.32. The van der Waals surface area contributed by atoms with Gasteiger partial charge in [-0.25, -0.2) is 0 Å². The molecule has 0 radical (unpaired) electrons. The topological polar surface area (TPSA) is 47.0 Å². The summed E-state index contributed by atoms with van der Waals surface area (Å²) in [5, 5.41) is 0.697. The first-order valence-electron chi connectivity index (χ1n) is 7.11. The molecule has 2 fully saturated rings. The Morgan fingerprint density at radius 3 is 2.85 bits per heavy atom. The van der Waals surface area contributed by atoms with Crippen molar-refractivity contribution in [1.29, 1.82) is 0 Å². The van der Waals surface area contributed by atoms with Crippen LogP contribution in [0, 0.1) is 10.7 Å². The molecular formula is C15H16N2O2S. The van der Waals surface area contributed by atoms with Gasteiger partial charge in [0.15, 0.2) is 4.77 Å². The fourth-order valence-electron chi connectivity index (χ4n) is 3.23. The quantitative estimate of drug-likeness (QED) is 0.864. The number of hydrogen-bond acceptors (Lipinski definition) is 3. The summed E-state index contributed by atoms with van der Waals surface area (Å²) in [6.45, 7) is 0.722. The predicted molar refractivity (Wildman–Crippen MR) is 79.5 cm³/mol. The molecule has 2 atom stereocenters. The Kier molecular flexibility index (Phi) is 2.79. The summed E-state index contributed by atoms with van der Waals surface area (Å²) in [7, 11) is 0. The van der Waals surface area contributed by atoms with Crippen LogP contribution in [-0.4, -0.2) is 22.3 Å². The smallest absolute Gasteiger partial charge is 0.262 e. The molecule has 1 aromatic heterocycles. The van der Waals surface area contributed by atoms with Gasteiger partial charge >= 0.3 is 0 Å². The molecule has 5 heteroatoms. The van der Waals surface area contributed by atoms with E-state index >= 15 is 0 Å². The van der Waals surface area contributed by atoms with E-state index in [1.165, 1.54) is 12.8 Å². The minimum Gasteiger partial charge on any atom is -0.376 e. The normalized spacial score (nSPS) is 26.2. The predicted octanol–water partition coefficient (Wildman–Crippen LogP) is 2.80. The van der Waals surface area contributed by atoms with Crippen LogP contribution in [0.2, 0.25) is 0 Å². The van der Waals surface area contributed by atoms with Crippen molar-refractivity contribution in [2.45, 2.75) is 31.4 Å². The molecule has 0 amide bonds. The van der Waals surface area contributed by atoms with Gasteiger partial charge in [0.2, 0.25) is 0 Å². The van der Waals surface area contributed by atoms with Crippen LogP contribution in [0.5, 0.6) is 0 Å². The fourth-order valence-corrected chi connectivity index (χ4v) is 3.56. The molecule has 1 saturated heterocycles. The summed E-state index contributed by atoms with van der Waals surface area (Å²) in [6, 6.07) is 7.61. The summed E-state index contributed by atoms with van der Waals surface area (Å²) in [6.07, 6.45) is 3.44. The van der Waals surface area contributed by atoms with Gasteiger partial charge in [-0.1, -0.05) is 12.1 Å². The van der Waals surface area contributed by atoms with Gasteiger partial charge in [-0.2, -0.15) is 0 Å². The number of benzene rings is 1. The lowest BCUT2D eigenvalue weighted by Gasteiger charge is -2.21. The minimum absolute atomic E-state index is 0.00509. The van der Waals surface area contributed by atoms with E-state index in [0.29, 0.717) is 16.1 Å². The van der Waals surface area contributed by atoms with Crippen molar-refractivity contribution in [2.75, 3.05) is 6.61 Å². The molecule has 1 saturated carbocycles. The highest BCUT2D eigenvalue weighted by atomic mass is 32.1. The Balaban J connectivity index is 1.91. The SMILES string of the molecule is O=c1c2ccccc2[nH]c(=S)n1C1CCOC1C1CC1. The highest BCUT2D eigenvalue weighted by molar-refractivity contribution is 7.71. The van der Waals surface area contributed by atoms with Crippen molar-refractivity contribution in [3.8, 4) is 0 Å². The Labute approximate surface area is 121 Å². The molecule has 2 aliphatic rings. The van der Waals surface area contributed by atoms with E-state index in [2.05, 4.69) is 4.98 Å². The van der Waals surface area contributed by atoms with Crippen LogP contribution in [0.1, 0.15) is 25.3 Å². The number of aromatic nitrogens is 2. The third kappa shape index (κ3) is 1.84. The Bertz CT molecular complexity index is 775. The van der Waals surface area contributed by atoms with Gasteiger partial charge < -0.3 is 9.72 Å². The molecular weight excluding hydrogens is 272 g/mol. The Hall–Kier alpha value is -1.46. The first kappa shape index (κ1) is 12.3. The van der Waals surface area contributed by atoms with Crippen molar-refractivity contribution < 1.29 is 4.74 Å². The van der Waals surface area contributed by atoms with Crippen molar-refractivity contribution >= 4 is 23.1 Å². The molecule has 1 N–H and O–H groups in total. The molecule has 0 bridgehead atoms. The maximum Gasteiger partial charge on any atom is 0.262 e. The van der Waals surface area contributed by atoms with Crippen LogP contribution < -0.4 is 5.56 Å². The zero-order valence-electron chi connectivity index (χ0n) is 11.0. The molecule has 1 aromatic carbocycles. The molecule has 1 aliphatic heterocycles. The summed E-state index contributed by atoms with van der Waals surface area (Å²) < 4.78 is 8.10. The third-order valence-electron chi connectivity index (χ3n) is 4.36. The highest BCUT2D eigenvalue weighted by Crippen LogP contribution is 2.43. The van der Waals surface area contributed by atoms with Gasteiger partial charge in [-0.3, -0.25) is 9.36 Å². The third-order valence-corrected chi connectivity index (χ3v) is 4.66. The van der Waals surface area contributed by atoms with Crippen LogP contribution in [0.25, 0.3) is 10.9 Å². The second-order valence-electron chi connectivity index (χ2n) is 5.68. The van der Waals surface area contributed by atoms with Crippen LogP contribution >= 0.6 is 12.2 Å². The highest BCUT2D eigenvalue weighted by Gasteiger charge is 2.42. The van der Waals surface area contributed by atoms with Crippen LogP contribution in [-0.2, 0) is 4.74 Å². The largest absolute Gasteiger partial charge is 0.376 e. The van der Waals surface area contributed by atoms with Gasteiger partial charge in [0.05, 0.1) is 23.0 Å². The Morgan fingerprint density at radius 2 is 2.05 bits per heavy atom. The van der Waals surface area contributed by atoms with Gasteiger partial charge in [0, 0.05) is 6.61 Å². The fraction of sp³-hybridized carbons (Fsp3) is 0.467. The number of H-pyrrole nitrogens is 1. The van der Waals surface area contributed by atoms with Crippen LogP contribution in [0.15, 0.2) is 29.1 Å². The van der Waals surface area contributed by atoms with E-state index in [1.54, 1.807) is 4.57 Å². The molecule has 4 rings (SSSR count). The second kappa shape index (κ2) is 4.53. The summed E-state index contributed by atoms with van der Waals surface area (Å²) >= 11 is 5.42. The second-order valence-corrected chi connectivity index (χ2v) is 6.07. The number of nitrogens with zero attached hydrogens (tertiary/aromatic N) is 1. The van der Waals surface area contributed by atoms with Gasteiger partial charge in [0.1, 0.15) is 0 Å². The molecule has 104 valence electrons. The first-order valence-corrected chi connectivity index (χ1v) is 7.52. The molecule has 20 heavy (non-hydrogen) atoms. The monoisotopic (exact) mass is 288 g/mol. The molecule has 4 nitrogen and oxygen atoms in total. The average Bonchev–Trinajstić information content (AvgIpc) is 3.18. The summed E-state index contributed by atoms with van der Waals surface area (Å²) in [5.41, 5.74) is 0.811.